The quantitative estimate of drug-likeness (QED) is 0.584. The van der Waals surface area contributed by atoms with E-state index in [1.807, 2.05) is 6.92 Å². The molecule has 0 saturated carbocycles. The molecular formula is C12H19N3O4S. The topological polar surface area (TPSA) is 92.6 Å². The Labute approximate surface area is 118 Å². The van der Waals surface area contributed by atoms with Gasteiger partial charge in [-0.3, -0.25) is 10.1 Å². The Balaban J connectivity index is 2.74. The van der Waals surface area contributed by atoms with Gasteiger partial charge in [-0.05, 0) is 6.42 Å². The van der Waals surface area contributed by atoms with Crippen LogP contribution >= 0.6 is 0 Å². The lowest BCUT2D eigenvalue weighted by Gasteiger charge is -2.17. The molecule has 0 amide bonds. The van der Waals surface area contributed by atoms with Crippen LogP contribution in [0.4, 0.5) is 5.69 Å². The molecule has 1 aromatic rings. The molecule has 0 spiro atoms. The molecule has 0 aliphatic carbocycles. The summed E-state index contributed by atoms with van der Waals surface area (Å²) in [6, 6.07) is 6.07. The highest BCUT2D eigenvalue weighted by Gasteiger charge is 2.19. The summed E-state index contributed by atoms with van der Waals surface area (Å²) in [5.74, 6) is 0. The molecule has 1 N–H and O–H groups in total. The predicted octanol–water partition coefficient (Wildman–Crippen LogP) is 1.66. The highest BCUT2D eigenvalue weighted by Crippen LogP contribution is 2.17. The first-order valence-corrected chi connectivity index (χ1v) is 7.75. The Bertz CT molecular complexity index is 560. The minimum absolute atomic E-state index is 0.0913. The molecule has 0 aromatic heterocycles. The summed E-state index contributed by atoms with van der Waals surface area (Å²) in [5, 5.41) is 10.8. The molecule has 20 heavy (non-hydrogen) atoms. The molecular weight excluding hydrogens is 282 g/mol. The molecule has 8 heteroatoms. The van der Waals surface area contributed by atoms with E-state index in [9.17, 15) is 18.5 Å². The average molecular weight is 301 g/mol. The van der Waals surface area contributed by atoms with Gasteiger partial charge in [-0.25, -0.2) is 0 Å². The lowest BCUT2D eigenvalue weighted by molar-refractivity contribution is -0.385. The number of unbranched alkanes of at least 4 members (excludes halogenated alkanes) is 1. The van der Waals surface area contributed by atoms with E-state index in [-0.39, 0.29) is 12.2 Å². The number of nitrogens with zero attached hydrogens (tertiary/aromatic N) is 2. The van der Waals surface area contributed by atoms with Crippen LogP contribution in [0.1, 0.15) is 25.3 Å². The SMILES string of the molecule is CCCCN(C)S(=O)(=O)NCc1ccccc1[N+](=O)[O-]. The van der Waals surface area contributed by atoms with Crippen LogP contribution in [-0.4, -0.2) is 31.2 Å². The van der Waals surface area contributed by atoms with E-state index in [1.165, 1.54) is 23.5 Å². The molecule has 0 heterocycles. The van der Waals surface area contributed by atoms with Crippen molar-refractivity contribution >= 4 is 15.9 Å². The van der Waals surface area contributed by atoms with Crippen molar-refractivity contribution < 1.29 is 13.3 Å². The van der Waals surface area contributed by atoms with Gasteiger partial charge in [0, 0.05) is 31.8 Å². The average Bonchev–Trinajstić information content (AvgIpc) is 2.42. The van der Waals surface area contributed by atoms with Crippen molar-refractivity contribution in [1.82, 2.24) is 9.03 Å². The maximum absolute atomic E-state index is 11.9. The van der Waals surface area contributed by atoms with Crippen molar-refractivity contribution in [2.45, 2.75) is 26.3 Å². The van der Waals surface area contributed by atoms with Gasteiger partial charge in [0.05, 0.1) is 4.92 Å². The number of hydrogen-bond acceptors (Lipinski definition) is 4. The molecule has 0 aliphatic heterocycles. The second-order valence-electron chi connectivity index (χ2n) is 4.39. The van der Waals surface area contributed by atoms with Crippen LogP contribution in [-0.2, 0) is 16.8 Å². The van der Waals surface area contributed by atoms with Gasteiger partial charge >= 0.3 is 0 Å². The summed E-state index contributed by atoms with van der Waals surface area (Å²) in [5.41, 5.74) is 0.247. The minimum atomic E-state index is -3.61. The van der Waals surface area contributed by atoms with E-state index in [4.69, 9.17) is 0 Å². The smallest absolute Gasteiger partial charge is 0.258 e. The highest BCUT2D eigenvalue weighted by molar-refractivity contribution is 7.87. The Morgan fingerprint density at radius 3 is 2.60 bits per heavy atom. The van der Waals surface area contributed by atoms with E-state index >= 15 is 0 Å². The predicted molar refractivity (Wildman–Crippen MR) is 76.4 cm³/mol. The number of nitro groups is 1. The van der Waals surface area contributed by atoms with Crippen LogP contribution in [0, 0.1) is 10.1 Å². The van der Waals surface area contributed by atoms with E-state index < -0.39 is 15.1 Å². The summed E-state index contributed by atoms with van der Waals surface area (Å²) in [6.07, 6.45) is 1.66. The standard InChI is InChI=1S/C12H19N3O4S/c1-3-4-9-14(2)20(18,19)13-10-11-7-5-6-8-12(11)15(16)17/h5-8,13H,3-4,9-10H2,1-2H3. The Morgan fingerprint density at radius 2 is 2.00 bits per heavy atom. The normalized spacial score (nSPS) is 11.8. The number of nitro benzene ring substituents is 1. The van der Waals surface area contributed by atoms with Crippen LogP contribution in [0.25, 0.3) is 0 Å². The number of hydrogen-bond donors (Lipinski definition) is 1. The van der Waals surface area contributed by atoms with E-state index in [0.29, 0.717) is 12.1 Å². The van der Waals surface area contributed by atoms with Gasteiger partial charge in [0.15, 0.2) is 0 Å². The molecule has 0 aliphatic rings. The molecule has 0 radical (unpaired) electrons. The maximum atomic E-state index is 11.9. The molecule has 0 saturated heterocycles. The number of para-hydroxylation sites is 1. The zero-order valence-electron chi connectivity index (χ0n) is 11.6. The summed E-state index contributed by atoms with van der Waals surface area (Å²) in [4.78, 5) is 10.3. The number of benzene rings is 1. The molecule has 0 atom stereocenters. The van der Waals surface area contributed by atoms with Crippen molar-refractivity contribution in [3.05, 3.63) is 39.9 Å². The summed E-state index contributed by atoms with van der Waals surface area (Å²) in [7, 11) is -2.13. The largest absolute Gasteiger partial charge is 0.279 e. The molecule has 1 rings (SSSR count). The highest BCUT2D eigenvalue weighted by atomic mass is 32.2. The number of rotatable bonds is 8. The summed E-state index contributed by atoms with van der Waals surface area (Å²) in [6.45, 7) is 2.29. The third-order valence-corrected chi connectivity index (χ3v) is 4.38. The van der Waals surface area contributed by atoms with Crippen LogP contribution in [0.5, 0.6) is 0 Å². The molecule has 112 valence electrons. The molecule has 0 fully saturated rings. The second-order valence-corrected chi connectivity index (χ2v) is 6.25. The van der Waals surface area contributed by atoms with Crippen LogP contribution < -0.4 is 4.72 Å². The summed E-state index contributed by atoms with van der Waals surface area (Å²) < 4.78 is 27.5. The minimum Gasteiger partial charge on any atom is -0.258 e. The van der Waals surface area contributed by atoms with Crippen LogP contribution in [0.15, 0.2) is 24.3 Å². The summed E-state index contributed by atoms with van der Waals surface area (Å²) >= 11 is 0. The van der Waals surface area contributed by atoms with E-state index in [0.717, 1.165) is 12.8 Å². The van der Waals surface area contributed by atoms with Crippen molar-refractivity contribution in [2.24, 2.45) is 0 Å². The van der Waals surface area contributed by atoms with Crippen molar-refractivity contribution in [3.8, 4) is 0 Å². The van der Waals surface area contributed by atoms with Crippen LogP contribution in [0.3, 0.4) is 0 Å². The Kier molecular flexibility index (Phi) is 6.05. The monoisotopic (exact) mass is 301 g/mol. The number of nitrogens with one attached hydrogen (secondary N) is 1. The Hall–Kier alpha value is -1.51. The van der Waals surface area contributed by atoms with Gasteiger partial charge in [-0.15, -0.1) is 0 Å². The molecule has 0 unspecified atom stereocenters. The fraction of sp³-hybridized carbons (Fsp3) is 0.500. The van der Waals surface area contributed by atoms with Gasteiger partial charge in [0.25, 0.3) is 15.9 Å². The second kappa shape index (κ2) is 7.32. The van der Waals surface area contributed by atoms with Gasteiger partial charge in [0.1, 0.15) is 0 Å². The fourth-order valence-electron chi connectivity index (χ4n) is 1.62. The third-order valence-electron chi connectivity index (χ3n) is 2.87. The lowest BCUT2D eigenvalue weighted by Crippen LogP contribution is -2.38. The maximum Gasteiger partial charge on any atom is 0.279 e. The molecule has 7 nitrogen and oxygen atoms in total. The molecule has 1 aromatic carbocycles. The van der Waals surface area contributed by atoms with Gasteiger partial charge in [0.2, 0.25) is 0 Å². The van der Waals surface area contributed by atoms with Gasteiger partial charge in [-0.1, -0.05) is 31.5 Å². The first kappa shape index (κ1) is 16.5. The van der Waals surface area contributed by atoms with Gasteiger partial charge in [-0.2, -0.15) is 17.4 Å². The van der Waals surface area contributed by atoms with Crippen molar-refractivity contribution in [2.75, 3.05) is 13.6 Å². The Morgan fingerprint density at radius 1 is 1.35 bits per heavy atom. The first-order valence-electron chi connectivity index (χ1n) is 6.31. The van der Waals surface area contributed by atoms with Crippen LogP contribution in [0.2, 0.25) is 0 Å². The zero-order chi connectivity index (χ0) is 15.2. The zero-order valence-corrected chi connectivity index (χ0v) is 12.4. The fourth-order valence-corrected chi connectivity index (χ4v) is 2.55. The van der Waals surface area contributed by atoms with E-state index in [1.54, 1.807) is 12.1 Å². The van der Waals surface area contributed by atoms with E-state index in [2.05, 4.69) is 4.72 Å². The molecule has 0 bridgehead atoms. The third kappa shape index (κ3) is 4.55. The van der Waals surface area contributed by atoms with Gasteiger partial charge < -0.3 is 0 Å². The van der Waals surface area contributed by atoms with Crippen molar-refractivity contribution in [3.63, 3.8) is 0 Å². The lowest BCUT2D eigenvalue weighted by atomic mass is 10.2. The first-order chi connectivity index (χ1) is 9.38. The van der Waals surface area contributed by atoms with Crippen molar-refractivity contribution in [1.29, 1.82) is 0 Å².